The van der Waals surface area contributed by atoms with Crippen LogP contribution >= 0.6 is 11.3 Å². The van der Waals surface area contributed by atoms with Crippen molar-refractivity contribution in [2.45, 2.75) is 45.1 Å². The Kier molecular flexibility index (Phi) is 4.37. The smallest absolute Gasteiger partial charge is 0.311 e. The van der Waals surface area contributed by atoms with E-state index in [0.717, 1.165) is 11.3 Å². The van der Waals surface area contributed by atoms with Crippen molar-refractivity contribution in [3.63, 3.8) is 0 Å². The molecule has 1 fully saturated rings. The van der Waals surface area contributed by atoms with Gasteiger partial charge < -0.3 is 19.9 Å². The van der Waals surface area contributed by atoms with Gasteiger partial charge in [0.1, 0.15) is 16.8 Å². The number of thiazole rings is 1. The molecule has 4 atom stereocenters. The number of aromatic nitrogens is 3. The van der Waals surface area contributed by atoms with Crippen LogP contribution in [0.4, 0.5) is 0 Å². The van der Waals surface area contributed by atoms with Crippen molar-refractivity contribution < 1.29 is 14.9 Å². The average molecular weight is 341 g/mol. The number of hydrogen-bond acceptors (Lipinski definition) is 7. The highest BCUT2D eigenvalue weighted by molar-refractivity contribution is 7.16. The van der Waals surface area contributed by atoms with E-state index in [4.69, 9.17) is 4.74 Å². The van der Waals surface area contributed by atoms with Gasteiger partial charge in [-0.05, 0) is 19.8 Å². The summed E-state index contributed by atoms with van der Waals surface area (Å²) < 4.78 is 7.34. The van der Waals surface area contributed by atoms with E-state index in [1.165, 1.54) is 4.57 Å². The summed E-state index contributed by atoms with van der Waals surface area (Å²) in [5.74, 6) is 0.0624. The maximum atomic E-state index is 12.4. The minimum atomic E-state index is -0.739. The van der Waals surface area contributed by atoms with Gasteiger partial charge >= 0.3 is 4.87 Å². The van der Waals surface area contributed by atoms with Crippen LogP contribution in [0.25, 0.3) is 10.3 Å². The fourth-order valence-electron chi connectivity index (χ4n) is 3.06. The van der Waals surface area contributed by atoms with Gasteiger partial charge in [0, 0.05) is 5.92 Å². The zero-order valence-corrected chi connectivity index (χ0v) is 13.7. The number of nitrogens with one attached hydrogen (secondary N) is 1. The van der Waals surface area contributed by atoms with E-state index in [1.54, 1.807) is 6.92 Å². The molecule has 0 aliphatic carbocycles. The molecule has 126 valence electrons. The second kappa shape index (κ2) is 6.16. The highest BCUT2D eigenvalue weighted by Crippen LogP contribution is 2.38. The summed E-state index contributed by atoms with van der Waals surface area (Å²) in [6, 6.07) is 0. The number of aliphatic hydroxyl groups excluding tert-OH is 2. The molecule has 3 rings (SSSR count). The Balaban J connectivity index is 2.16. The first-order chi connectivity index (χ1) is 11.0. The number of ether oxygens (including phenoxy) is 1. The lowest BCUT2D eigenvalue weighted by molar-refractivity contribution is -0.0496. The molecule has 0 saturated carbocycles. The number of aliphatic hydroxyl groups is 2. The Morgan fingerprint density at radius 1 is 1.52 bits per heavy atom. The highest BCUT2D eigenvalue weighted by Gasteiger charge is 2.41. The zero-order valence-electron chi connectivity index (χ0n) is 12.9. The summed E-state index contributed by atoms with van der Waals surface area (Å²) in [5, 5.41) is 19.6. The fourth-order valence-corrected chi connectivity index (χ4v) is 3.90. The summed E-state index contributed by atoms with van der Waals surface area (Å²) in [7, 11) is 0. The van der Waals surface area contributed by atoms with Crippen LogP contribution in [0, 0.1) is 12.8 Å². The first kappa shape index (κ1) is 16.3. The van der Waals surface area contributed by atoms with Crippen molar-refractivity contribution in [3.8, 4) is 0 Å². The van der Waals surface area contributed by atoms with E-state index in [-0.39, 0.29) is 33.3 Å². The molecule has 3 N–H and O–H groups in total. The van der Waals surface area contributed by atoms with Crippen molar-refractivity contribution in [3.05, 3.63) is 25.8 Å². The first-order valence-corrected chi connectivity index (χ1v) is 8.34. The van der Waals surface area contributed by atoms with Gasteiger partial charge in [-0.3, -0.25) is 14.2 Å². The second-order valence-electron chi connectivity index (χ2n) is 5.75. The third-order valence-corrected chi connectivity index (χ3v) is 5.14. The summed E-state index contributed by atoms with van der Waals surface area (Å²) >= 11 is 0.808. The molecule has 23 heavy (non-hydrogen) atoms. The van der Waals surface area contributed by atoms with Crippen molar-refractivity contribution in [1.82, 2.24) is 14.5 Å². The summed E-state index contributed by atoms with van der Waals surface area (Å²) in [5.41, 5.74) is -0.101. The van der Waals surface area contributed by atoms with Crippen LogP contribution in [0.15, 0.2) is 9.59 Å². The molecule has 4 unspecified atom stereocenters. The van der Waals surface area contributed by atoms with Crippen molar-refractivity contribution >= 4 is 21.7 Å². The van der Waals surface area contributed by atoms with E-state index in [1.807, 2.05) is 6.92 Å². The van der Waals surface area contributed by atoms with Gasteiger partial charge in [0.25, 0.3) is 5.56 Å². The molecule has 3 heterocycles. The number of fused-ring (bicyclic) bond motifs is 1. The fraction of sp³-hybridized carbons (Fsp3) is 0.643. The lowest BCUT2D eigenvalue weighted by Gasteiger charge is -2.23. The molecule has 0 bridgehead atoms. The minimum absolute atomic E-state index is 0.187. The lowest BCUT2D eigenvalue weighted by atomic mass is 9.95. The number of nitrogens with zero attached hydrogens (tertiary/aromatic N) is 2. The third-order valence-electron chi connectivity index (χ3n) is 4.20. The van der Waals surface area contributed by atoms with E-state index in [0.29, 0.717) is 18.7 Å². The Labute approximate surface area is 135 Å². The predicted octanol–water partition coefficient (Wildman–Crippen LogP) is 0.122. The van der Waals surface area contributed by atoms with Crippen LogP contribution in [0.3, 0.4) is 0 Å². The molecule has 9 heteroatoms. The monoisotopic (exact) mass is 341 g/mol. The maximum absolute atomic E-state index is 12.4. The van der Waals surface area contributed by atoms with E-state index < -0.39 is 18.4 Å². The number of rotatable bonds is 4. The largest absolute Gasteiger partial charge is 0.394 e. The Bertz CT molecular complexity index is 826. The normalized spacial score (nSPS) is 26.0. The molecule has 2 aromatic rings. The van der Waals surface area contributed by atoms with Crippen LogP contribution in [-0.2, 0) is 4.74 Å². The standard InChI is InChI=1S/C14H19N3O5S/c1-3-9(19)8-4-7(5-18)22-13(8)17-11-10(23-14(17)21)12(20)16-6(2)15-11/h7-9,13,18-19H,3-5H2,1-2H3,(H,15,16,20). The quantitative estimate of drug-likeness (QED) is 0.727. The lowest BCUT2D eigenvalue weighted by Crippen LogP contribution is -2.30. The summed E-state index contributed by atoms with van der Waals surface area (Å²) in [6.45, 7) is 3.29. The van der Waals surface area contributed by atoms with Crippen LogP contribution in [0.2, 0.25) is 0 Å². The topological polar surface area (TPSA) is 117 Å². The number of H-pyrrole nitrogens is 1. The first-order valence-electron chi connectivity index (χ1n) is 7.52. The van der Waals surface area contributed by atoms with Gasteiger partial charge in [-0.2, -0.15) is 0 Å². The average Bonchev–Trinajstić information content (AvgIpc) is 3.07. The van der Waals surface area contributed by atoms with Gasteiger partial charge in [-0.25, -0.2) is 4.98 Å². The van der Waals surface area contributed by atoms with Crippen molar-refractivity contribution in [1.29, 1.82) is 0 Å². The van der Waals surface area contributed by atoms with Gasteiger partial charge in [-0.1, -0.05) is 18.3 Å². The second-order valence-corrected chi connectivity index (χ2v) is 6.71. The number of aryl methyl sites for hydroxylation is 1. The summed E-state index contributed by atoms with van der Waals surface area (Å²) in [6.07, 6.45) is -0.899. The third kappa shape index (κ3) is 2.74. The molecule has 1 saturated heterocycles. The molecular weight excluding hydrogens is 322 g/mol. The Hall–Kier alpha value is -1.55. The van der Waals surface area contributed by atoms with Crippen LogP contribution < -0.4 is 10.4 Å². The molecular formula is C14H19N3O5S. The minimum Gasteiger partial charge on any atom is -0.394 e. The summed E-state index contributed by atoms with van der Waals surface area (Å²) in [4.78, 5) is 30.9. The molecule has 0 aromatic carbocycles. The molecule has 1 aliphatic heterocycles. The van der Waals surface area contributed by atoms with E-state index in [9.17, 15) is 19.8 Å². The van der Waals surface area contributed by atoms with Crippen LogP contribution in [-0.4, -0.2) is 43.6 Å². The van der Waals surface area contributed by atoms with Crippen molar-refractivity contribution in [2.24, 2.45) is 5.92 Å². The molecule has 0 spiro atoms. The van der Waals surface area contributed by atoms with Gasteiger partial charge in [0.05, 0.1) is 18.8 Å². The highest BCUT2D eigenvalue weighted by atomic mass is 32.1. The molecule has 0 amide bonds. The van der Waals surface area contributed by atoms with Crippen LogP contribution in [0.5, 0.6) is 0 Å². The van der Waals surface area contributed by atoms with E-state index >= 15 is 0 Å². The maximum Gasteiger partial charge on any atom is 0.311 e. The zero-order chi connectivity index (χ0) is 16.7. The molecule has 1 aliphatic rings. The van der Waals surface area contributed by atoms with Gasteiger partial charge in [0.15, 0.2) is 5.65 Å². The Morgan fingerprint density at radius 2 is 2.26 bits per heavy atom. The Morgan fingerprint density at radius 3 is 2.91 bits per heavy atom. The van der Waals surface area contributed by atoms with E-state index in [2.05, 4.69) is 9.97 Å². The van der Waals surface area contributed by atoms with Crippen molar-refractivity contribution in [2.75, 3.05) is 6.61 Å². The van der Waals surface area contributed by atoms with Gasteiger partial charge in [-0.15, -0.1) is 0 Å². The number of hydrogen-bond donors (Lipinski definition) is 3. The molecule has 2 aromatic heterocycles. The number of aromatic amines is 1. The SMILES string of the molecule is CCC(O)C1CC(CO)OC1n1c(=O)sc2c(=O)[nH]c(C)nc21. The van der Waals surface area contributed by atoms with Crippen LogP contribution in [0.1, 0.15) is 31.8 Å². The molecule has 8 nitrogen and oxygen atoms in total. The predicted molar refractivity (Wildman–Crippen MR) is 84.6 cm³/mol. The molecule has 0 radical (unpaired) electrons. The van der Waals surface area contributed by atoms with Gasteiger partial charge in [0.2, 0.25) is 0 Å².